The lowest BCUT2D eigenvalue weighted by atomic mass is 10.1. The maximum absolute atomic E-state index is 11.5. The second-order valence-electron chi connectivity index (χ2n) is 4.92. The molecule has 102 valence electrons. The van der Waals surface area contributed by atoms with Crippen molar-refractivity contribution in [2.24, 2.45) is 0 Å². The van der Waals surface area contributed by atoms with Crippen molar-refractivity contribution in [3.8, 4) is 0 Å². The van der Waals surface area contributed by atoms with Crippen molar-refractivity contribution in [2.45, 2.75) is 38.8 Å². The van der Waals surface area contributed by atoms with E-state index in [9.17, 15) is 9.59 Å². The molecule has 1 aliphatic rings. The minimum absolute atomic E-state index is 0.0353. The Balaban J connectivity index is 1.89. The van der Waals surface area contributed by atoms with Gasteiger partial charge in [0.05, 0.1) is 6.04 Å². The van der Waals surface area contributed by atoms with E-state index in [0.717, 1.165) is 24.1 Å². The van der Waals surface area contributed by atoms with E-state index in [-0.39, 0.29) is 18.0 Å². The fourth-order valence-electron chi connectivity index (χ4n) is 1.82. The van der Waals surface area contributed by atoms with Crippen molar-refractivity contribution >= 4 is 17.6 Å². The first-order valence-electron chi connectivity index (χ1n) is 6.49. The lowest BCUT2D eigenvalue weighted by Crippen LogP contribution is -2.30. The van der Waals surface area contributed by atoms with Gasteiger partial charge in [0.1, 0.15) is 0 Å². The van der Waals surface area contributed by atoms with Crippen LogP contribution >= 0.6 is 0 Å². The summed E-state index contributed by atoms with van der Waals surface area (Å²) in [6.07, 6.45) is 2.14. The number of hydrogen-bond acceptors (Lipinski definition) is 2. The fourth-order valence-corrected chi connectivity index (χ4v) is 1.82. The van der Waals surface area contributed by atoms with E-state index in [1.807, 2.05) is 31.2 Å². The van der Waals surface area contributed by atoms with Gasteiger partial charge >= 0.3 is 6.03 Å². The molecule has 0 aliphatic heterocycles. The van der Waals surface area contributed by atoms with Gasteiger partial charge in [-0.25, -0.2) is 4.79 Å². The topological polar surface area (TPSA) is 70.2 Å². The summed E-state index contributed by atoms with van der Waals surface area (Å²) in [5, 5.41) is 8.46. The van der Waals surface area contributed by atoms with Crippen LogP contribution in [-0.4, -0.2) is 18.0 Å². The minimum Gasteiger partial charge on any atom is -0.350 e. The van der Waals surface area contributed by atoms with Crippen LogP contribution in [0.3, 0.4) is 0 Å². The number of urea groups is 1. The zero-order valence-electron chi connectivity index (χ0n) is 11.2. The van der Waals surface area contributed by atoms with Crippen molar-refractivity contribution in [1.29, 1.82) is 0 Å². The van der Waals surface area contributed by atoms with Crippen LogP contribution in [0.2, 0.25) is 0 Å². The van der Waals surface area contributed by atoms with Gasteiger partial charge in [0.15, 0.2) is 0 Å². The highest BCUT2D eigenvalue weighted by atomic mass is 16.2. The molecule has 1 unspecified atom stereocenters. The van der Waals surface area contributed by atoms with Crippen LogP contribution < -0.4 is 16.0 Å². The molecule has 3 amide bonds. The van der Waals surface area contributed by atoms with E-state index < -0.39 is 0 Å². The number of carbonyl (C=O) groups is 2. The van der Waals surface area contributed by atoms with Crippen LogP contribution in [0.5, 0.6) is 0 Å². The summed E-state index contributed by atoms with van der Waals surface area (Å²) in [6.45, 7) is 3.41. The minimum atomic E-state index is -0.162. The number of benzene rings is 1. The molecule has 1 aromatic carbocycles. The zero-order chi connectivity index (χ0) is 13.8. The molecule has 0 heterocycles. The largest absolute Gasteiger partial charge is 0.350 e. The van der Waals surface area contributed by atoms with Crippen LogP contribution in [0.15, 0.2) is 24.3 Å². The molecule has 3 N–H and O–H groups in total. The van der Waals surface area contributed by atoms with Crippen molar-refractivity contribution in [3.63, 3.8) is 0 Å². The zero-order valence-corrected chi connectivity index (χ0v) is 11.2. The molecular formula is C14H19N3O2. The molecule has 0 spiro atoms. The highest BCUT2D eigenvalue weighted by Crippen LogP contribution is 2.19. The van der Waals surface area contributed by atoms with Gasteiger partial charge in [0, 0.05) is 18.7 Å². The third-order valence-electron chi connectivity index (χ3n) is 3.00. The van der Waals surface area contributed by atoms with E-state index in [1.54, 1.807) is 0 Å². The molecule has 19 heavy (non-hydrogen) atoms. The Labute approximate surface area is 112 Å². The third kappa shape index (κ3) is 4.28. The number of nitrogens with one attached hydrogen (secondary N) is 3. The molecule has 0 saturated heterocycles. The van der Waals surface area contributed by atoms with E-state index in [0.29, 0.717) is 6.04 Å². The van der Waals surface area contributed by atoms with Gasteiger partial charge in [-0.2, -0.15) is 0 Å². The Kier molecular flexibility index (Phi) is 4.04. The van der Waals surface area contributed by atoms with Crippen molar-refractivity contribution in [1.82, 2.24) is 10.6 Å². The Hall–Kier alpha value is -2.04. The molecule has 1 atom stereocenters. The highest BCUT2D eigenvalue weighted by Gasteiger charge is 2.23. The first kappa shape index (κ1) is 13.4. The lowest BCUT2D eigenvalue weighted by molar-refractivity contribution is -0.119. The van der Waals surface area contributed by atoms with Crippen LogP contribution in [-0.2, 0) is 4.79 Å². The summed E-state index contributed by atoms with van der Waals surface area (Å²) in [4.78, 5) is 22.5. The standard InChI is InChI=1S/C14H19N3O2/c1-9(15-10(2)18)11-3-5-12(6-4-11)16-14(19)17-13-7-8-13/h3-6,9,13H,7-8H2,1-2H3,(H,15,18)(H2,16,17,19). The van der Waals surface area contributed by atoms with E-state index in [1.165, 1.54) is 6.92 Å². The predicted molar refractivity (Wildman–Crippen MR) is 73.9 cm³/mol. The number of rotatable bonds is 4. The van der Waals surface area contributed by atoms with Gasteiger partial charge in [0.2, 0.25) is 5.91 Å². The monoisotopic (exact) mass is 261 g/mol. The number of amides is 3. The van der Waals surface area contributed by atoms with Crippen LogP contribution in [0.4, 0.5) is 10.5 Å². The van der Waals surface area contributed by atoms with E-state index in [4.69, 9.17) is 0 Å². The Morgan fingerprint density at radius 2 is 1.84 bits per heavy atom. The molecule has 5 nitrogen and oxygen atoms in total. The summed E-state index contributed by atoms with van der Waals surface area (Å²) in [7, 11) is 0. The molecule has 5 heteroatoms. The first-order chi connectivity index (χ1) is 9.04. The van der Waals surface area contributed by atoms with Crippen LogP contribution in [0.1, 0.15) is 38.3 Å². The second-order valence-corrected chi connectivity index (χ2v) is 4.92. The Morgan fingerprint density at radius 1 is 1.21 bits per heavy atom. The summed E-state index contributed by atoms with van der Waals surface area (Å²) >= 11 is 0. The summed E-state index contributed by atoms with van der Waals surface area (Å²) in [5.41, 5.74) is 1.75. The van der Waals surface area contributed by atoms with Crippen molar-refractivity contribution in [3.05, 3.63) is 29.8 Å². The van der Waals surface area contributed by atoms with Crippen molar-refractivity contribution < 1.29 is 9.59 Å². The highest BCUT2D eigenvalue weighted by molar-refractivity contribution is 5.89. The van der Waals surface area contributed by atoms with Gasteiger partial charge in [-0.05, 0) is 37.5 Å². The summed E-state index contributed by atoms with van der Waals surface area (Å²) < 4.78 is 0. The molecule has 1 aliphatic carbocycles. The van der Waals surface area contributed by atoms with E-state index in [2.05, 4.69) is 16.0 Å². The number of anilines is 1. The average molecular weight is 261 g/mol. The van der Waals surface area contributed by atoms with Crippen LogP contribution in [0.25, 0.3) is 0 Å². The molecule has 0 aromatic heterocycles. The van der Waals surface area contributed by atoms with E-state index >= 15 is 0 Å². The smallest absolute Gasteiger partial charge is 0.319 e. The predicted octanol–water partition coefficient (Wildman–Crippen LogP) is 2.17. The average Bonchev–Trinajstić information content (AvgIpc) is 3.12. The molecule has 0 bridgehead atoms. The van der Waals surface area contributed by atoms with Gasteiger partial charge in [-0.3, -0.25) is 4.79 Å². The summed E-state index contributed by atoms with van der Waals surface area (Å²) in [6, 6.07) is 7.61. The Morgan fingerprint density at radius 3 is 2.37 bits per heavy atom. The second kappa shape index (κ2) is 5.73. The lowest BCUT2D eigenvalue weighted by Gasteiger charge is -2.13. The molecule has 1 fully saturated rings. The normalized spacial score (nSPS) is 15.5. The number of hydrogen-bond donors (Lipinski definition) is 3. The molecular weight excluding hydrogens is 242 g/mol. The third-order valence-corrected chi connectivity index (χ3v) is 3.00. The van der Waals surface area contributed by atoms with Gasteiger partial charge in [-0.1, -0.05) is 12.1 Å². The van der Waals surface area contributed by atoms with Crippen molar-refractivity contribution in [2.75, 3.05) is 5.32 Å². The van der Waals surface area contributed by atoms with Gasteiger partial charge in [0.25, 0.3) is 0 Å². The molecule has 2 rings (SSSR count). The molecule has 0 radical (unpaired) electrons. The maximum atomic E-state index is 11.5. The van der Waals surface area contributed by atoms with Gasteiger partial charge in [-0.15, -0.1) is 0 Å². The maximum Gasteiger partial charge on any atom is 0.319 e. The fraction of sp³-hybridized carbons (Fsp3) is 0.429. The quantitative estimate of drug-likeness (QED) is 0.777. The first-order valence-corrected chi connectivity index (χ1v) is 6.49. The Bertz CT molecular complexity index is 466. The SMILES string of the molecule is CC(=O)NC(C)c1ccc(NC(=O)NC2CC2)cc1. The molecule has 1 saturated carbocycles. The van der Waals surface area contributed by atoms with Gasteiger partial charge < -0.3 is 16.0 Å². The molecule has 1 aromatic rings. The van der Waals surface area contributed by atoms with Crippen LogP contribution in [0, 0.1) is 0 Å². The summed E-state index contributed by atoms with van der Waals surface area (Å²) in [5.74, 6) is -0.0569. The number of carbonyl (C=O) groups excluding carboxylic acids is 2.